The van der Waals surface area contributed by atoms with Gasteiger partial charge in [-0.1, -0.05) is 12.1 Å². The number of furan rings is 1. The molecular weight excluding hydrogens is 424 g/mol. The van der Waals surface area contributed by atoms with Gasteiger partial charge in [-0.05, 0) is 79.9 Å². The van der Waals surface area contributed by atoms with Gasteiger partial charge in [-0.15, -0.1) is 0 Å². The van der Waals surface area contributed by atoms with Crippen molar-refractivity contribution < 1.29 is 28.7 Å². The Morgan fingerprint density at radius 3 is 2.36 bits per heavy atom. The van der Waals surface area contributed by atoms with Crippen LogP contribution in [0.25, 0.3) is 17.4 Å². The number of hydrogen-bond donors (Lipinski definition) is 2. The molecule has 0 spiro atoms. The monoisotopic (exact) mass is 444 g/mol. The van der Waals surface area contributed by atoms with E-state index in [4.69, 9.17) is 9.52 Å². The first-order valence-electron chi connectivity index (χ1n) is 10.1. The lowest BCUT2D eigenvalue weighted by Crippen LogP contribution is -2.54. The van der Waals surface area contributed by atoms with Crippen molar-refractivity contribution in [2.45, 2.75) is 20.8 Å². The molecule has 2 N–H and O–H groups in total. The second kappa shape index (κ2) is 8.23. The summed E-state index contributed by atoms with van der Waals surface area (Å²) in [7, 11) is 0. The molecule has 0 bridgehead atoms. The van der Waals surface area contributed by atoms with E-state index in [0.717, 1.165) is 16.0 Å². The summed E-state index contributed by atoms with van der Waals surface area (Å²) in [4.78, 5) is 49.9. The van der Waals surface area contributed by atoms with E-state index in [1.807, 2.05) is 13.8 Å². The van der Waals surface area contributed by atoms with Gasteiger partial charge >= 0.3 is 12.0 Å². The maximum absolute atomic E-state index is 13.1. The first-order valence-corrected chi connectivity index (χ1v) is 10.1. The number of carboxylic acids is 1. The molecule has 0 atom stereocenters. The Kier molecular flexibility index (Phi) is 5.43. The Bertz CT molecular complexity index is 1360. The summed E-state index contributed by atoms with van der Waals surface area (Å²) in [5.74, 6) is -1.92. The average Bonchev–Trinajstić information content (AvgIpc) is 3.21. The first kappa shape index (κ1) is 21.8. The van der Waals surface area contributed by atoms with Crippen molar-refractivity contribution in [3.8, 4) is 11.3 Å². The Hall–Kier alpha value is -4.46. The van der Waals surface area contributed by atoms with E-state index in [2.05, 4.69) is 5.32 Å². The number of aryl methyl sites for hydroxylation is 3. The molecule has 1 aliphatic heterocycles. The number of carbonyl (C=O) groups is 4. The van der Waals surface area contributed by atoms with Gasteiger partial charge in [0.2, 0.25) is 0 Å². The van der Waals surface area contributed by atoms with Gasteiger partial charge in [-0.2, -0.15) is 0 Å². The summed E-state index contributed by atoms with van der Waals surface area (Å²) < 4.78 is 5.79. The molecule has 8 heteroatoms. The highest BCUT2D eigenvalue weighted by molar-refractivity contribution is 6.39. The maximum Gasteiger partial charge on any atom is 0.335 e. The molecule has 33 heavy (non-hydrogen) atoms. The molecule has 2 aromatic carbocycles. The highest BCUT2D eigenvalue weighted by atomic mass is 16.4. The van der Waals surface area contributed by atoms with Crippen LogP contribution < -0.4 is 10.2 Å². The number of carboxylic acid groups (broad SMARTS) is 1. The van der Waals surface area contributed by atoms with Gasteiger partial charge in [-0.3, -0.25) is 14.9 Å². The van der Waals surface area contributed by atoms with E-state index < -0.39 is 23.8 Å². The lowest BCUT2D eigenvalue weighted by Gasteiger charge is -2.26. The summed E-state index contributed by atoms with van der Waals surface area (Å²) in [6.45, 7) is 5.54. The number of carbonyl (C=O) groups excluding carboxylic acids is 3. The Morgan fingerprint density at radius 2 is 1.70 bits per heavy atom. The van der Waals surface area contributed by atoms with Crippen LogP contribution in [0.5, 0.6) is 0 Å². The van der Waals surface area contributed by atoms with E-state index in [-0.39, 0.29) is 16.9 Å². The fourth-order valence-electron chi connectivity index (χ4n) is 3.55. The molecule has 4 rings (SSSR count). The molecule has 3 aromatic rings. The number of urea groups is 1. The standard InChI is InChI=1S/C25H20N2O6/c1-13-4-6-17(11-14(13)2)27-23(29)20(22(28)26-25(27)32)12-18-7-9-21(33-18)19-8-5-16(24(30)31)10-15(19)3/h4-12H,1-3H3,(H,30,31)(H,26,28,32)/b20-12+. The van der Waals surface area contributed by atoms with Crippen LogP contribution in [0.1, 0.15) is 32.8 Å². The van der Waals surface area contributed by atoms with Crippen molar-refractivity contribution in [3.63, 3.8) is 0 Å². The fourth-order valence-corrected chi connectivity index (χ4v) is 3.55. The first-order chi connectivity index (χ1) is 15.7. The summed E-state index contributed by atoms with van der Waals surface area (Å²) in [5, 5.41) is 11.3. The molecule has 1 aromatic heterocycles. The van der Waals surface area contributed by atoms with Gasteiger partial charge in [0, 0.05) is 5.56 Å². The van der Waals surface area contributed by atoms with Gasteiger partial charge in [0.1, 0.15) is 17.1 Å². The summed E-state index contributed by atoms with van der Waals surface area (Å²) >= 11 is 0. The van der Waals surface area contributed by atoms with E-state index >= 15 is 0 Å². The number of benzene rings is 2. The lowest BCUT2D eigenvalue weighted by atomic mass is 10.0. The minimum Gasteiger partial charge on any atom is -0.478 e. The van der Waals surface area contributed by atoms with Crippen LogP contribution in [0.4, 0.5) is 10.5 Å². The third-order valence-electron chi connectivity index (χ3n) is 5.50. The van der Waals surface area contributed by atoms with Crippen LogP contribution in [0, 0.1) is 20.8 Å². The van der Waals surface area contributed by atoms with Crippen LogP contribution in [0.15, 0.2) is 58.5 Å². The summed E-state index contributed by atoms with van der Waals surface area (Å²) in [6.07, 6.45) is 1.28. The predicted molar refractivity (Wildman–Crippen MR) is 121 cm³/mol. The number of amides is 4. The number of aromatic carboxylic acids is 1. The van der Waals surface area contributed by atoms with Crippen molar-refractivity contribution in [3.05, 3.63) is 82.1 Å². The highest BCUT2D eigenvalue weighted by Gasteiger charge is 2.37. The lowest BCUT2D eigenvalue weighted by molar-refractivity contribution is -0.122. The number of nitrogens with one attached hydrogen (secondary N) is 1. The molecule has 0 saturated carbocycles. The van der Waals surface area contributed by atoms with Crippen molar-refractivity contribution in [1.29, 1.82) is 0 Å². The predicted octanol–water partition coefficient (Wildman–Crippen LogP) is 4.24. The second-order valence-corrected chi connectivity index (χ2v) is 7.76. The zero-order valence-electron chi connectivity index (χ0n) is 18.1. The van der Waals surface area contributed by atoms with Crippen LogP contribution >= 0.6 is 0 Å². The largest absolute Gasteiger partial charge is 0.478 e. The Balaban J connectivity index is 1.67. The molecule has 8 nitrogen and oxygen atoms in total. The van der Waals surface area contributed by atoms with Gasteiger partial charge in [0.05, 0.1) is 11.3 Å². The quantitative estimate of drug-likeness (QED) is 0.459. The third-order valence-corrected chi connectivity index (χ3v) is 5.50. The maximum atomic E-state index is 13.1. The van der Waals surface area contributed by atoms with Gasteiger partial charge in [-0.25, -0.2) is 14.5 Å². The molecule has 1 saturated heterocycles. The van der Waals surface area contributed by atoms with Gasteiger partial charge in [0.25, 0.3) is 11.8 Å². The number of nitrogens with zero attached hydrogens (tertiary/aromatic N) is 1. The zero-order chi connectivity index (χ0) is 23.9. The number of barbiturate groups is 1. The molecule has 1 fully saturated rings. The van der Waals surface area contributed by atoms with Crippen LogP contribution in [0.3, 0.4) is 0 Å². The Morgan fingerprint density at radius 1 is 0.939 bits per heavy atom. The van der Waals surface area contributed by atoms with E-state index in [9.17, 15) is 19.2 Å². The summed E-state index contributed by atoms with van der Waals surface area (Å²) in [5.41, 5.74) is 3.55. The minimum atomic E-state index is -1.03. The van der Waals surface area contributed by atoms with E-state index in [1.165, 1.54) is 18.2 Å². The molecule has 4 amide bonds. The van der Waals surface area contributed by atoms with Crippen LogP contribution in [-0.4, -0.2) is 28.9 Å². The van der Waals surface area contributed by atoms with Crippen LogP contribution in [-0.2, 0) is 9.59 Å². The molecule has 0 radical (unpaired) electrons. The fraction of sp³-hybridized carbons (Fsp3) is 0.120. The van der Waals surface area contributed by atoms with Crippen molar-refractivity contribution in [2.24, 2.45) is 0 Å². The molecule has 0 unspecified atom stereocenters. The second-order valence-electron chi connectivity index (χ2n) is 7.76. The van der Waals surface area contributed by atoms with Crippen molar-refractivity contribution in [1.82, 2.24) is 5.32 Å². The normalized spacial score (nSPS) is 15.2. The molecule has 1 aliphatic rings. The molecule has 0 aliphatic carbocycles. The van der Waals surface area contributed by atoms with Gasteiger partial charge in [0.15, 0.2) is 0 Å². The molecule has 2 heterocycles. The van der Waals surface area contributed by atoms with E-state index in [1.54, 1.807) is 43.3 Å². The summed E-state index contributed by atoms with van der Waals surface area (Å²) in [6, 6.07) is 12.2. The minimum absolute atomic E-state index is 0.158. The third kappa shape index (κ3) is 4.06. The molecule has 166 valence electrons. The average molecular weight is 444 g/mol. The van der Waals surface area contributed by atoms with E-state index in [0.29, 0.717) is 22.6 Å². The number of imide groups is 2. The molecular formula is C25H20N2O6. The topological polar surface area (TPSA) is 117 Å². The van der Waals surface area contributed by atoms with Crippen LogP contribution in [0.2, 0.25) is 0 Å². The number of hydrogen-bond acceptors (Lipinski definition) is 5. The zero-order valence-corrected chi connectivity index (χ0v) is 18.1. The Labute approximate surface area is 189 Å². The van der Waals surface area contributed by atoms with Gasteiger partial charge < -0.3 is 9.52 Å². The smallest absolute Gasteiger partial charge is 0.335 e. The van der Waals surface area contributed by atoms with Crippen molar-refractivity contribution in [2.75, 3.05) is 4.90 Å². The number of anilines is 1. The number of rotatable bonds is 4. The van der Waals surface area contributed by atoms with Crippen molar-refractivity contribution >= 4 is 35.6 Å². The SMILES string of the molecule is Cc1ccc(N2C(=O)NC(=O)/C(=C\c3ccc(-c4ccc(C(=O)O)cc4C)o3)C2=O)cc1C. The highest BCUT2D eigenvalue weighted by Crippen LogP contribution is 2.29.